The lowest BCUT2D eigenvalue weighted by Crippen LogP contribution is -2.63. The van der Waals surface area contributed by atoms with Crippen LogP contribution in [0.15, 0.2) is 18.3 Å². The van der Waals surface area contributed by atoms with E-state index in [4.69, 9.17) is 9.47 Å². The number of nitrogens with zero attached hydrogens (tertiary/aromatic N) is 1. The summed E-state index contributed by atoms with van der Waals surface area (Å²) < 4.78 is 11.6. The summed E-state index contributed by atoms with van der Waals surface area (Å²) in [4.78, 5) is 4.35. The largest absolute Gasteiger partial charge is 0.473 e. The molecule has 1 saturated heterocycles. The van der Waals surface area contributed by atoms with Gasteiger partial charge in [0.05, 0.1) is 17.9 Å². The Balaban J connectivity index is 1.78. The van der Waals surface area contributed by atoms with Gasteiger partial charge in [0, 0.05) is 30.2 Å². The normalized spacial score (nSPS) is 30.8. The van der Waals surface area contributed by atoms with Crippen molar-refractivity contribution < 1.29 is 9.47 Å². The standard InChI is InChI=1S/C16H24N2O2/c1-10(2)20-15-12(6-5-8-17-15)18-13-11-7-9-19-14(11)16(13,3)4/h5-6,8,10-11,13-14,18H,7,9H2,1-4H3. The molecule has 1 aromatic rings. The van der Waals surface area contributed by atoms with Crippen LogP contribution in [0.5, 0.6) is 5.88 Å². The Labute approximate surface area is 120 Å². The van der Waals surface area contributed by atoms with E-state index in [0.29, 0.717) is 23.9 Å². The molecule has 110 valence electrons. The second-order valence-electron chi connectivity index (χ2n) is 6.71. The molecule has 0 amide bonds. The number of ether oxygens (including phenoxy) is 2. The Morgan fingerprint density at radius 2 is 2.25 bits per heavy atom. The second-order valence-corrected chi connectivity index (χ2v) is 6.71. The van der Waals surface area contributed by atoms with Crippen molar-refractivity contribution >= 4 is 5.69 Å². The van der Waals surface area contributed by atoms with Gasteiger partial charge in [-0.05, 0) is 32.4 Å². The Morgan fingerprint density at radius 3 is 3.00 bits per heavy atom. The fraction of sp³-hybridized carbons (Fsp3) is 0.688. The van der Waals surface area contributed by atoms with Gasteiger partial charge in [-0.15, -0.1) is 0 Å². The van der Waals surface area contributed by atoms with Crippen molar-refractivity contribution in [3.05, 3.63) is 18.3 Å². The lowest BCUT2D eigenvalue weighted by atomic mass is 9.57. The third kappa shape index (κ3) is 2.16. The van der Waals surface area contributed by atoms with Crippen molar-refractivity contribution in [3.8, 4) is 5.88 Å². The molecule has 0 aromatic carbocycles. The van der Waals surface area contributed by atoms with E-state index < -0.39 is 0 Å². The van der Waals surface area contributed by atoms with E-state index in [9.17, 15) is 0 Å². The highest BCUT2D eigenvalue weighted by atomic mass is 16.5. The summed E-state index contributed by atoms with van der Waals surface area (Å²) in [5, 5.41) is 3.65. The molecule has 1 aliphatic carbocycles. The Bertz CT molecular complexity index is 487. The van der Waals surface area contributed by atoms with Crippen LogP contribution in [0.25, 0.3) is 0 Å². The second kappa shape index (κ2) is 4.92. The third-order valence-electron chi connectivity index (χ3n) is 4.53. The highest BCUT2D eigenvalue weighted by Crippen LogP contribution is 2.53. The smallest absolute Gasteiger partial charge is 0.237 e. The number of aromatic nitrogens is 1. The third-order valence-corrected chi connectivity index (χ3v) is 4.53. The zero-order valence-corrected chi connectivity index (χ0v) is 12.7. The zero-order valence-electron chi connectivity index (χ0n) is 12.7. The van der Waals surface area contributed by atoms with Gasteiger partial charge in [-0.25, -0.2) is 4.98 Å². The predicted octanol–water partition coefficient (Wildman–Crippen LogP) is 3.09. The molecule has 0 radical (unpaired) electrons. The maximum Gasteiger partial charge on any atom is 0.237 e. The van der Waals surface area contributed by atoms with Gasteiger partial charge in [-0.1, -0.05) is 13.8 Å². The van der Waals surface area contributed by atoms with Crippen LogP contribution in [0.2, 0.25) is 0 Å². The maximum absolute atomic E-state index is 5.84. The molecule has 2 heterocycles. The van der Waals surface area contributed by atoms with E-state index in [2.05, 4.69) is 24.1 Å². The molecule has 4 heteroatoms. The number of anilines is 1. The van der Waals surface area contributed by atoms with Gasteiger partial charge < -0.3 is 14.8 Å². The number of fused-ring (bicyclic) bond motifs is 1. The molecule has 3 atom stereocenters. The fourth-order valence-electron chi connectivity index (χ4n) is 3.60. The van der Waals surface area contributed by atoms with Gasteiger partial charge in [0.2, 0.25) is 5.88 Å². The summed E-state index contributed by atoms with van der Waals surface area (Å²) in [6.07, 6.45) is 3.44. The van der Waals surface area contributed by atoms with Crippen molar-refractivity contribution in [2.45, 2.75) is 52.4 Å². The van der Waals surface area contributed by atoms with E-state index in [0.717, 1.165) is 18.7 Å². The predicted molar refractivity (Wildman–Crippen MR) is 79.0 cm³/mol. The first-order valence-corrected chi connectivity index (χ1v) is 7.50. The van der Waals surface area contributed by atoms with Gasteiger partial charge in [-0.2, -0.15) is 0 Å². The molecular weight excluding hydrogens is 252 g/mol. The molecule has 1 aromatic heterocycles. The number of rotatable bonds is 4. The van der Waals surface area contributed by atoms with Crippen LogP contribution in [0, 0.1) is 11.3 Å². The number of pyridine rings is 1. The Hall–Kier alpha value is -1.29. The van der Waals surface area contributed by atoms with E-state index in [1.54, 1.807) is 6.20 Å². The average molecular weight is 276 g/mol. The summed E-state index contributed by atoms with van der Waals surface area (Å²) in [5.41, 5.74) is 1.15. The first kappa shape index (κ1) is 13.7. The zero-order chi connectivity index (χ0) is 14.3. The molecule has 0 spiro atoms. The van der Waals surface area contributed by atoms with Crippen molar-refractivity contribution in [2.24, 2.45) is 11.3 Å². The van der Waals surface area contributed by atoms with Crippen LogP contribution < -0.4 is 10.1 Å². The van der Waals surface area contributed by atoms with Crippen LogP contribution in [0.4, 0.5) is 5.69 Å². The summed E-state index contributed by atoms with van der Waals surface area (Å²) >= 11 is 0. The minimum atomic E-state index is 0.127. The van der Waals surface area contributed by atoms with Gasteiger partial charge in [-0.3, -0.25) is 0 Å². The summed E-state index contributed by atoms with van der Waals surface area (Å²) in [5.74, 6) is 1.30. The number of nitrogens with one attached hydrogen (secondary N) is 1. The Kier molecular flexibility index (Phi) is 3.36. The molecule has 1 N–H and O–H groups in total. The van der Waals surface area contributed by atoms with Crippen LogP contribution in [-0.4, -0.2) is 29.8 Å². The molecular formula is C16H24N2O2. The van der Waals surface area contributed by atoms with E-state index in [1.165, 1.54) is 0 Å². The quantitative estimate of drug-likeness (QED) is 0.917. The molecule has 3 unspecified atom stereocenters. The summed E-state index contributed by atoms with van der Waals surface area (Å²) in [7, 11) is 0. The molecule has 0 bridgehead atoms. The van der Waals surface area contributed by atoms with Crippen molar-refractivity contribution in [2.75, 3.05) is 11.9 Å². The highest BCUT2D eigenvalue weighted by Gasteiger charge is 2.59. The SMILES string of the molecule is CC(C)Oc1ncccc1NC1C2CCOC2C1(C)C. The van der Waals surface area contributed by atoms with Gasteiger partial charge in [0.1, 0.15) is 0 Å². The fourth-order valence-corrected chi connectivity index (χ4v) is 3.60. The van der Waals surface area contributed by atoms with E-state index in [-0.39, 0.29) is 11.5 Å². The van der Waals surface area contributed by atoms with Crippen molar-refractivity contribution in [1.82, 2.24) is 4.98 Å². The van der Waals surface area contributed by atoms with Gasteiger partial charge in [0.15, 0.2) is 0 Å². The number of hydrogen-bond acceptors (Lipinski definition) is 4. The topological polar surface area (TPSA) is 43.4 Å². The molecule has 1 saturated carbocycles. The molecule has 2 fully saturated rings. The lowest BCUT2D eigenvalue weighted by molar-refractivity contribution is -0.0923. The monoisotopic (exact) mass is 276 g/mol. The van der Waals surface area contributed by atoms with Crippen LogP contribution in [-0.2, 0) is 4.74 Å². The minimum Gasteiger partial charge on any atom is -0.473 e. The highest BCUT2D eigenvalue weighted by molar-refractivity contribution is 5.54. The minimum absolute atomic E-state index is 0.127. The molecule has 20 heavy (non-hydrogen) atoms. The average Bonchev–Trinajstić information content (AvgIpc) is 2.83. The van der Waals surface area contributed by atoms with Crippen molar-refractivity contribution in [3.63, 3.8) is 0 Å². The first-order valence-electron chi connectivity index (χ1n) is 7.50. The summed E-state index contributed by atoms with van der Waals surface area (Å²) in [6, 6.07) is 4.42. The molecule has 4 nitrogen and oxygen atoms in total. The maximum atomic E-state index is 5.84. The molecule has 3 rings (SSSR count). The molecule has 1 aliphatic heterocycles. The van der Waals surface area contributed by atoms with E-state index in [1.807, 2.05) is 26.0 Å². The first-order chi connectivity index (χ1) is 9.50. The van der Waals surface area contributed by atoms with Crippen LogP contribution >= 0.6 is 0 Å². The van der Waals surface area contributed by atoms with Gasteiger partial charge in [0.25, 0.3) is 0 Å². The van der Waals surface area contributed by atoms with Crippen LogP contribution in [0.3, 0.4) is 0 Å². The van der Waals surface area contributed by atoms with E-state index >= 15 is 0 Å². The Morgan fingerprint density at radius 1 is 1.45 bits per heavy atom. The number of hydrogen-bond donors (Lipinski definition) is 1. The molecule has 2 aliphatic rings. The van der Waals surface area contributed by atoms with Gasteiger partial charge >= 0.3 is 0 Å². The summed E-state index contributed by atoms with van der Waals surface area (Å²) in [6.45, 7) is 9.48. The van der Waals surface area contributed by atoms with Crippen molar-refractivity contribution in [1.29, 1.82) is 0 Å². The lowest BCUT2D eigenvalue weighted by Gasteiger charge is -2.55. The van der Waals surface area contributed by atoms with Crippen LogP contribution in [0.1, 0.15) is 34.1 Å².